The average Bonchev–Trinajstić information content (AvgIpc) is 2.07. The molecular formula is C8H20N2O2. The second kappa shape index (κ2) is 12.9. The smallest absolute Gasteiger partial charge is 0.312 e. The van der Waals surface area contributed by atoms with Crippen LogP contribution in [0.4, 0.5) is 4.79 Å². The number of nitrogens with two attached hydrogens (primary N) is 1. The molecule has 0 aliphatic heterocycles. The third-order valence-electron chi connectivity index (χ3n) is 1.13. The Balaban J connectivity index is 0. The van der Waals surface area contributed by atoms with Gasteiger partial charge in [0.2, 0.25) is 0 Å². The molecule has 0 saturated heterocycles. The number of rotatable bonds is 5. The van der Waals surface area contributed by atoms with Crippen molar-refractivity contribution < 1.29 is 9.90 Å². The molecule has 0 spiro atoms. The molecule has 0 fully saturated rings. The van der Waals surface area contributed by atoms with Crippen LogP contribution in [-0.4, -0.2) is 24.3 Å². The van der Waals surface area contributed by atoms with Gasteiger partial charge in [-0.2, -0.15) is 0 Å². The molecule has 74 valence electrons. The van der Waals surface area contributed by atoms with Gasteiger partial charge in [-0.3, -0.25) is 0 Å². The Bertz CT molecular complexity index is 97.1. The Hall–Kier alpha value is -0.770. The minimum atomic E-state index is -0.482. The fourth-order valence-electron chi connectivity index (χ4n) is 0.625. The van der Waals surface area contributed by atoms with E-state index in [1.165, 1.54) is 0 Å². The summed E-state index contributed by atoms with van der Waals surface area (Å²) in [5.41, 5.74) is 4.81. The Morgan fingerprint density at radius 2 is 1.92 bits per heavy atom. The van der Waals surface area contributed by atoms with Crippen LogP contribution in [-0.2, 0) is 0 Å². The number of primary amides is 1. The van der Waals surface area contributed by atoms with Gasteiger partial charge in [-0.25, -0.2) is 4.79 Å². The van der Waals surface area contributed by atoms with Crippen LogP contribution in [0, 0.1) is 0 Å². The van der Waals surface area contributed by atoms with Gasteiger partial charge in [0.05, 0.1) is 0 Å². The van der Waals surface area contributed by atoms with Crippen molar-refractivity contribution in [3.05, 3.63) is 0 Å². The number of carbonyl (C=O) groups is 1. The molecule has 0 heterocycles. The van der Waals surface area contributed by atoms with Crippen LogP contribution in [0.5, 0.6) is 0 Å². The van der Waals surface area contributed by atoms with Crippen molar-refractivity contribution >= 4 is 6.03 Å². The SMILES string of the molecule is CC.NC(=O)NCCCCCO. The highest BCUT2D eigenvalue weighted by Gasteiger charge is 1.90. The molecular weight excluding hydrogens is 156 g/mol. The van der Waals surface area contributed by atoms with Gasteiger partial charge in [0.15, 0.2) is 0 Å². The second-order valence-electron chi connectivity index (χ2n) is 2.08. The molecule has 12 heavy (non-hydrogen) atoms. The van der Waals surface area contributed by atoms with Crippen LogP contribution in [0.15, 0.2) is 0 Å². The summed E-state index contributed by atoms with van der Waals surface area (Å²) in [7, 11) is 0. The number of amides is 2. The van der Waals surface area contributed by atoms with Gasteiger partial charge < -0.3 is 16.2 Å². The van der Waals surface area contributed by atoms with E-state index in [1.54, 1.807) is 0 Å². The van der Waals surface area contributed by atoms with Crippen molar-refractivity contribution in [2.24, 2.45) is 5.73 Å². The summed E-state index contributed by atoms with van der Waals surface area (Å²) < 4.78 is 0. The van der Waals surface area contributed by atoms with Crippen molar-refractivity contribution in [2.45, 2.75) is 33.1 Å². The van der Waals surface area contributed by atoms with Gasteiger partial charge in [-0.1, -0.05) is 13.8 Å². The molecule has 4 N–H and O–H groups in total. The molecule has 4 nitrogen and oxygen atoms in total. The summed E-state index contributed by atoms with van der Waals surface area (Å²) in [5, 5.41) is 10.8. The van der Waals surface area contributed by atoms with Crippen LogP contribution in [0.3, 0.4) is 0 Å². The zero-order valence-electron chi connectivity index (χ0n) is 7.97. The largest absolute Gasteiger partial charge is 0.396 e. The third kappa shape index (κ3) is 16.1. The van der Waals surface area contributed by atoms with Gasteiger partial charge in [-0.05, 0) is 19.3 Å². The van der Waals surface area contributed by atoms with Crippen molar-refractivity contribution in [1.82, 2.24) is 5.32 Å². The number of aliphatic hydroxyl groups is 1. The molecule has 0 aliphatic rings. The van der Waals surface area contributed by atoms with Crippen LogP contribution >= 0.6 is 0 Å². The molecule has 0 unspecified atom stereocenters. The number of hydrogen-bond acceptors (Lipinski definition) is 2. The highest BCUT2D eigenvalue weighted by molar-refractivity contribution is 5.71. The standard InChI is InChI=1S/C6H14N2O2.C2H6/c7-6(10)8-4-2-1-3-5-9;1-2/h9H,1-5H2,(H3,7,8,10);1-2H3. The zero-order chi connectivity index (χ0) is 9.82. The van der Waals surface area contributed by atoms with Gasteiger partial charge in [0.1, 0.15) is 0 Å². The van der Waals surface area contributed by atoms with Crippen molar-refractivity contribution in [1.29, 1.82) is 0 Å². The van der Waals surface area contributed by atoms with E-state index in [2.05, 4.69) is 5.32 Å². The summed E-state index contributed by atoms with van der Waals surface area (Å²) in [6, 6.07) is -0.482. The van der Waals surface area contributed by atoms with E-state index in [4.69, 9.17) is 10.8 Å². The molecule has 0 aromatic carbocycles. The molecule has 2 amide bonds. The van der Waals surface area contributed by atoms with Crippen molar-refractivity contribution in [3.8, 4) is 0 Å². The molecule has 4 heteroatoms. The number of aliphatic hydroxyl groups excluding tert-OH is 1. The predicted molar refractivity (Wildman–Crippen MR) is 49.9 cm³/mol. The van der Waals surface area contributed by atoms with Gasteiger partial charge >= 0.3 is 6.03 Å². The summed E-state index contributed by atoms with van der Waals surface area (Å²) in [6.45, 7) is 4.83. The quantitative estimate of drug-likeness (QED) is 0.543. The van der Waals surface area contributed by atoms with E-state index in [-0.39, 0.29) is 6.61 Å². The number of carbonyl (C=O) groups excluding carboxylic acids is 1. The molecule has 0 aromatic heterocycles. The average molecular weight is 176 g/mol. The van der Waals surface area contributed by atoms with Crippen LogP contribution < -0.4 is 11.1 Å². The fourth-order valence-corrected chi connectivity index (χ4v) is 0.625. The van der Waals surface area contributed by atoms with Gasteiger partial charge in [0.25, 0.3) is 0 Å². The van der Waals surface area contributed by atoms with E-state index < -0.39 is 6.03 Å². The van der Waals surface area contributed by atoms with Crippen LogP contribution in [0.2, 0.25) is 0 Å². The number of nitrogens with one attached hydrogen (secondary N) is 1. The van der Waals surface area contributed by atoms with E-state index >= 15 is 0 Å². The summed E-state index contributed by atoms with van der Waals surface area (Å²) >= 11 is 0. The molecule has 0 bridgehead atoms. The Morgan fingerprint density at radius 3 is 2.33 bits per heavy atom. The molecule has 0 saturated carbocycles. The topological polar surface area (TPSA) is 75.4 Å². The lowest BCUT2D eigenvalue weighted by atomic mass is 10.2. The molecule has 0 aliphatic carbocycles. The second-order valence-corrected chi connectivity index (χ2v) is 2.08. The number of hydrogen-bond donors (Lipinski definition) is 3. The van der Waals surface area contributed by atoms with Crippen LogP contribution in [0.25, 0.3) is 0 Å². The first-order chi connectivity index (χ1) is 5.77. The third-order valence-corrected chi connectivity index (χ3v) is 1.13. The normalized spacial score (nSPS) is 8.25. The first-order valence-electron chi connectivity index (χ1n) is 4.41. The molecule has 0 atom stereocenters. The Labute approximate surface area is 74.1 Å². The maximum Gasteiger partial charge on any atom is 0.312 e. The van der Waals surface area contributed by atoms with Crippen molar-refractivity contribution in [3.63, 3.8) is 0 Å². The monoisotopic (exact) mass is 176 g/mol. The molecule has 0 aromatic rings. The lowest BCUT2D eigenvalue weighted by Gasteiger charge is -1.99. The highest BCUT2D eigenvalue weighted by Crippen LogP contribution is 1.90. The molecule has 0 rings (SSSR count). The summed E-state index contributed by atoms with van der Waals surface area (Å²) in [6.07, 6.45) is 2.60. The summed E-state index contributed by atoms with van der Waals surface area (Å²) in [5.74, 6) is 0. The minimum absolute atomic E-state index is 0.219. The minimum Gasteiger partial charge on any atom is -0.396 e. The first-order valence-corrected chi connectivity index (χ1v) is 4.41. The zero-order valence-corrected chi connectivity index (χ0v) is 7.97. The summed E-state index contributed by atoms with van der Waals surface area (Å²) in [4.78, 5) is 10.1. The van der Waals surface area contributed by atoms with E-state index in [0.717, 1.165) is 19.3 Å². The van der Waals surface area contributed by atoms with Gasteiger partial charge in [-0.15, -0.1) is 0 Å². The van der Waals surface area contributed by atoms with E-state index in [9.17, 15) is 4.79 Å². The van der Waals surface area contributed by atoms with Crippen LogP contribution in [0.1, 0.15) is 33.1 Å². The lowest BCUT2D eigenvalue weighted by molar-refractivity contribution is 0.248. The van der Waals surface area contributed by atoms with Gasteiger partial charge in [0, 0.05) is 13.2 Å². The van der Waals surface area contributed by atoms with Crippen molar-refractivity contribution in [2.75, 3.05) is 13.2 Å². The number of unbranched alkanes of at least 4 members (excludes halogenated alkanes) is 2. The Kier molecular flexibility index (Phi) is 14.8. The molecule has 0 radical (unpaired) electrons. The fraction of sp³-hybridized carbons (Fsp3) is 0.875. The number of urea groups is 1. The lowest BCUT2D eigenvalue weighted by Crippen LogP contribution is -2.29. The van der Waals surface area contributed by atoms with E-state index in [0.29, 0.717) is 6.54 Å². The maximum absolute atomic E-state index is 10.1. The Morgan fingerprint density at radius 1 is 1.33 bits per heavy atom. The predicted octanol–water partition coefficient (Wildman–Crippen LogP) is 0.843. The van der Waals surface area contributed by atoms with E-state index in [1.807, 2.05) is 13.8 Å². The first kappa shape index (κ1) is 13.8. The highest BCUT2D eigenvalue weighted by atomic mass is 16.2. The maximum atomic E-state index is 10.1.